The molecule has 232 valence electrons. The molecule has 0 saturated carbocycles. The number of amides is 3. The molecular formula is C30H30Cl2N4O7S. The first-order chi connectivity index (χ1) is 21.1. The summed E-state index contributed by atoms with van der Waals surface area (Å²) in [4.78, 5) is 47.0. The maximum atomic E-state index is 13.7. The first-order valence-corrected chi connectivity index (χ1v) is 16.1. The number of sulfonamides is 1. The van der Waals surface area contributed by atoms with Gasteiger partial charge in [-0.1, -0.05) is 45.9 Å². The lowest BCUT2D eigenvalue weighted by molar-refractivity contribution is -0.145. The highest BCUT2D eigenvalue weighted by Crippen LogP contribution is 2.32. The Morgan fingerprint density at radius 1 is 0.932 bits per heavy atom. The Kier molecular flexibility index (Phi) is 9.94. The molecule has 2 heterocycles. The molecule has 1 unspecified atom stereocenters. The van der Waals surface area contributed by atoms with Gasteiger partial charge in [0.15, 0.2) is 5.75 Å². The van der Waals surface area contributed by atoms with Crippen molar-refractivity contribution in [3.63, 3.8) is 0 Å². The van der Waals surface area contributed by atoms with Crippen LogP contribution in [0.15, 0.2) is 77.7 Å². The minimum Gasteiger partial charge on any atom is -0.368 e. The van der Waals surface area contributed by atoms with Crippen molar-refractivity contribution in [1.29, 1.82) is 0 Å². The molecule has 2 aliphatic heterocycles. The van der Waals surface area contributed by atoms with E-state index in [0.717, 1.165) is 10.9 Å². The summed E-state index contributed by atoms with van der Waals surface area (Å²) < 4.78 is 33.6. The molecule has 0 spiro atoms. The number of nitrogens with one attached hydrogen (secondary N) is 1. The van der Waals surface area contributed by atoms with Crippen LogP contribution in [-0.2, 0) is 24.3 Å². The van der Waals surface area contributed by atoms with E-state index in [4.69, 9.17) is 32.8 Å². The third kappa shape index (κ3) is 7.27. The minimum absolute atomic E-state index is 0.0411. The molecule has 1 N–H and O–H groups in total. The van der Waals surface area contributed by atoms with Crippen LogP contribution in [0.25, 0.3) is 0 Å². The van der Waals surface area contributed by atoms with Crippen LogP contribution in [0.2, 0.25) is 10.0 Å². The number of ether oxygens (including phenoxy) is 1. The molecule has 44 heavy (non-hydrogen) atoms. The van der Waals surface area contributed by atoms with E-state index in [1.807, 2.05) is 0 Å². The maximum absolute atomic E-state index is 13.7. The van der Waals surface area contributed by atoms with Gasteiger partial charge in [0.25, 0.3) is 21.8 Å². The highest BCUT2D eigenvalue weighted by molar-refractivity contribution is 7.92. The number of rotatable bonds is 9. The zero-order valence-corrected chi connectivity index (χ0v) is 25.9. The van der Waals surface area contributed by atoms with Gasteiger partial charge >= 0.3 is 0 Å². The molecule has 1 atom stereocenters. The summed E-state index contributed by atoms with van der Waals surface area (Å²) in [6, 6.07) is 17.8. The van der Waals surface area contributed by atoms with Crippen LogP contribution in [0.5, 0.6) is 5.75 Å². The normalized spacial score (nSPS) is 16.8. The predicted molar refractivity (Wildman–Crippen MR) is 164 cm³/mol. The van der Waals surface area contributed by atoms with E-state index in [0.29, 0.717) is 44.2 Å². The van der Waals surface area contributed by atoms with Crippen molar-refractivity contribution in [3.05, 3.63) is 88.4 Å². The zero-order chi connectivity index (χ0) is 31.3. The van der Waals surface area contributed by atoms with Crippen LogP contribution in [0.4, 0.5) is 5.69 Å². The monoisotopic (exact) mass is 660 g/mol. The smallest absolute Gasteiger partial charge is 0.295 e. The SMILES string of the molecule is O=C(NCC(=O)N1CCN(C(=O)C2CCCO2)CC1)c1ccc(S(=O)(=O)N(Oc2ccc(Cl)cc2Cl)c2ccccc2)cc1. The van der Waals surface area contributed by atoms with E-state index < -0.39 is 22.0 Å². The molecule has 0 aromatic heterocycles. The molecule has 5 rings (SSSR count). The van der Waals surface area contributed by atoms with E-state index in [1.165, 1.54) is 42.5 Å². The fourth-order valence-corrected chi connectivity index (χ4v) is 6.52. The standard InChI is InChI=1S/C30H30Cl2N4O7S/c31-22-10-13-26(25(32)19-22)43-36(23-5-2-1-3-6-23)44(40,41)24-11-8-21(9-12-24)29(38)33-20-28(37)34-14-16-35(17-15-34)30(39)27-7-4-18-42-27/h1-3,5-6,8-13,19,27H,4,7,14-18,20H2,(H,33,38). The largest absolute Gasteiger partial charge is 0.368 e. The Hall–Kier alpha value is -3.84. The average Bonchev–Trinajstić information content (AvgIpc) is 3.58. The maximum Gasteiger partial charge on any atom is 0.295 e. The summed E-state index contributed by atoms with van der Waals surface area (Å²) >= 11 is 12.2. The van der Waals surface area contributed by atoms with Crippen LogP contribution < -0.4 is 14.6 Å². The fourth-order valence-electron chi connectivity index (χ4n) is 4.82. The van der Waals surface area contributed by atoms with Gasteiger partial charge in [-0.05, 0) is 67.4 Å². The Labute approximate surface area is 265 Å². The van der Waals surface area contributed by atoms with Crippen molar-refractivity contribution < 1.29 is 32.4 Å². The zero-order valence-electron chi connectivity index (χ0n) is 23.5. The number of halogens is 2. The molecule has 2 fully saturated rings. The minimum atomic E-state index is -4.29. The fraction of sp³-hybridized carbons (Fsp3) is 0.300. The van der Waals surface area contributed by atoms with Crippen molar-refractivity contribution in [2.75, 3.05) is 43.8 Å². The van der Waals surface area contributed by atoms with Crippen molar-refractivity contribution in [1.82, 2.24) is 15.1 Å². The van der Waals surface area contributed by atoms with Gasteiger partial charge in [0.2, 0.25) is 5.91 Å². The first-order valence-electron chi connectivity index (χ1n) is 13.9. The molecule has 2 saturated heterocycles. The molecule has 3 amide bonds. The second-order valence-electron chi connectivity index (χ2n) is 10.1. The van der Waals surface area contributed by atoms with Gasteiger partial charge in [0.1, 0.15) is 6.10 Å². The molecular weight excluding hydrogens is 631 g/mol. The summed E-state index contributed by atoms with van der Waals surface area (Å²) in [5, 5.41) is 3.06. The number of anilines is 1. The summed E-state index contributed by atoms with van der Waals surface area (Å²) in [6.45, 7) is 1.88. The van der Waals surface area contributed by atoms with Gasteiger partial charge in [-0.3, -0.25) is 14.4 Å². The van der Waals surface area contributed by atoms with Gasteiger partial charge < -0.3 is 24.7 Å². The number of carbonyl (C=O) groups excluding carboxylic acids is 3. The molecule has 11 nitrogen and oxygen atoms in total. The number of para-hydroxylation sites is 1. The van der Waals surface area contributed by atoms with E-state index >= 15 is 0 Å². The van der Waals surface area contributed by atoms with E-state index in [1.54, 1.807) is 40.1 Å². The van der Waals surface area contributed by atoms with Crippen LogP contribution in [0.3, 0.4) is 0 Å². The first kappa shape index (κ1) is 31.6. The topological polar surface area (TPSA) is 126 Å². The quantitative estimate of drug-likeness (QED) is 0.347. The summed E-state index contributed by atoms with van der Waals surface area (Å²) in [5.41, 5.74) is 0.382. The molecule has 3 aromatic rings. The van der Waals surface area contributed by atoms with Crippen molar-refractivity contribution in [3.8, 4) is 5.75 Å². The van der Waals surface area contributed by atoms with Crippen molar-refractivity contribution in [2.24, 2.45) is 0 Å². The van der Waals surface area contributed by atoms with Crippen LogP contribution in [-0.4, -0.2) is 81.4 Å². The van der Waals surface area contributed by atoms with Crippen LogP contribution in [0, 0.1) is 0 Å². The Morgan fingerprint density at radius 3 is 2.25 bits per heavy atom. The molecule has 14 heteroatoms. The number of nitrogens with zero attached hydrogens (tertiary/aromatic N) is 3. The van der Waals surface area contributed by atoms with E-state index in [2.05, 4.69) is 5.32 Å². The van der Waals surface area contributed by atoms with Crippen LogP contribution in [0.1, 0.15) is 23.2 Å². The van der Waals surface area contributed by atoms with Gasteiger partial charge in [-0.15, -0.1) is 0 Å². The highest BCUT2D eigenvalue weighted by Gasteiger charge is 2.32. The number of hydrogen-bond acceptors (Lipinski definition) is 7. The van der Waals surface area contributed by atoms with Gasteiger partial charge in [0.05, 0.1) is 22.2 Å². The lowest BCUT2D eigenvalue weighted by atomic mass is 10.2. The summed E-state index contributed by atoms with van der Waals surface area (Å²) in [6.07, 6.45) is 1.19. The second-order valence-corrected chi connectivity index (χ2v) is 12.7. The number of carbonyl (C=O) groups is 3. The predicted octanol–water partition coefficient (Wildman–Crippen LogP) is 3.76. The molecule has 0 bridgehead atoms. The number of piperazine rings is 1. The second kappa shape index (κ2) is 13.9. The van der Waals surface area contributed by atoms with E-state index in [9.17, 15) is 22.8 Å². The molecule has 0 radical (unpaired) electrons. The molecule has 0 aliphatic carbocycles. The van der Waals surface area contributed by atoms with Gasteiger partial charge in [-0.25, -0.2) is 0 Å². The van der Waals surface area contributed by atoms with Gasteiger partial charge in [0, 0.05) is 43.4 Å². The van der Waals surface area contributed by atoms with Crippen molar-refractivity contribution >= 4 is 56.6 Å². The third-order valence-corrected chi connectivity index (χ3v) is 9.34. The Morgan fingerprint density at radius 2 is 1.61 bits per heavy atom. The number of benzene rings is 3. The summed E-state index contributed by atoms with van der Waals surface area (Å²) in [5.74, 6) is -0.794. The highest BCUT2D eigenvalue weighted by atomic mass is 35.5. The Bertz CT molecular complexity index is 1610. The van der Waals surface area contributed by atoms with Gasteiger partial charge in [-0.2, -0.15) is 8.42 Å². The lowest BCUT2D eigenvalue weighted by Crippen LogP contribution is -2.54. The third-order valence-electron chi connectivity index (χ3n) is 7.22. The van der Waals surface area contributed by atoms with Crippen molar-refractivity contribution in [2.45, 2.75) is 23.8 Å². The molecule has 2 aliphatic rings. The number of hydrogen-bond donors (Lipinski definition) is 1. The lowest BCUT2D eigenvalue weighted by Gasteiger charge is -2.35. The molecule has 3 aromatic carbocycles. The average molecular weight is 662 g/mol. The van der Waals surface area contributed by atoms with E-state index in [-0.39, 0.29) is 45.3 Å². The van der Waals surface area contributed by atoms with Crippen LogP contribution >= 0.6 is 23.2 Å². The summed E-state index contributed by atoms with van der Waals surface area (Å²) in [7, 11) is -4.29. The Balaban J connectivity index is 1.20.